The summed E-state index contributed by atoms with van der Waals surface area (Å²) in [7, 11) is 0. The fourth-order valence-corrected chi connectivity index (χ4v) is 5.38. The molecule has 3 fully saturated rings. The number of aliphatic hydroxyl groups excluding tert-OH is 1. The molecule has 0 unspecified atom stereocenters. The zero-order chi connectivity index (χ0) is 12.6. The van der Waals surface area contributed by atoms with Gasteiger partial charge in [-0.2, -0.15) is 0 Å². The van der Waals surface area contributed by atoms with Crippen LogP contribution in [0.2, 0.25) is 0 Å². The second kappa shape index (κ2) is 3.08. The van der Waals surface area contributed by atoms with Gasteiger partial charge in [0, 0.05) is 0 Å². The molecular formula is C15H26O2. The first-order chi connectivity index (χ1) is 7.71. The van der Waals surface area contributed by atoms with Crippen molar-refractivity contribution >= 4 is 0 Å². The zero-order valence-electron chi connectivity index (χ0n) is 11.5. The van der Waals surface area contributed by atoms with E-state index in [1.807, 2.05) is 6.92 Å². The maximum Gasteiger partial charge on any atom is 0.0657 e. The van der Waals surface area contributed by atoms with Crippen LogP contribution in [0.1, 0.15) is 53.4 Å². The third kappa shape index (κ3) is 1.34. The number of rotatable bonds is 0. The summed E-state index contributed by atoms with van der Waals surface area (Å²) in [6.45, 7) is 8.89. The summed E-state index contributed by atoms with van der Waals surface area (Å²) >= 11 is 0. The van der Waals surface area contributed by atoms with Gasteiger partial charge in [-0.25, -0.2) is 0 Å². The van der Waals surface area contributed by atoms with E-state index in [1.54, 1.807) is 0 Å². The Morgan fingerprint density at radius 1 is 1.00 bits per heavy atom. The van der Waals surface area contributed by atoms with E-state index < -0.39 is 5.60 Å². The van der Waals surface area contributed by atoms with Crippen molar-refractivity contribution in [2.75, 3.05) is 0 Å². The van der Waals surface area contributed by atoms with Crippen molar-refractivity contribution in [3.63, 3.8) is 0 Å². The van der Waals surface area contributed by atoms with Crippen molar-refractivity contribution in [2.24, 2.45) is 28.6 Å². The molecule has 2 N–H and O–H groups in total. The van der Waals surface area contributed by atoms with Crippen LogP contribution >= 0.6 is 0 Å². The van der Waals surface area contributed by atoms with E-state index >= 15 is 0 Å². The van der Waals surface area contributed by atoms with Gasteiger partial charge in [0.05, 0.1) is 11.7 Å². The van der Waals surface area contributed by atoms with Gasteiger partial charge >= 0.3 is 0 Å². The third-order valence-electron chi connectivity index (χ3n) is 6.56. The highest BCUT2D eigenvalue weighted by Gasteiger charge is 2.71. The number of aliphatic hydroxyl groups is 2. The lowest BCUT2D eigenvalue weighted by Crippen LogP contribution is -2.44. The van der Waals surface area contributed by atoms with Gasteiger partial charge in [-0.3, -0.25) is 0 Å². The van der Waals surface area contributed by atoms with Crippen molar-refractivity contribution in [2.45, 2.75) is 65.1 Å². The molecule has 3 saturated carbocycles. The van der Waals surface area contributed by atoms with Crippen LogP contribution < -0.4 is 0 Å². The zero-order valence-corrected chi connectivity index (χ0v) is 11.5. The molecule has 0 heterocycles. The predicted molar refractivity (Wildman–Crippen MR) is 67.5 cm³/mol. The summed E-state index contributed by atoms with van der Waals surface area (Å²) in [6, 6.07) is 0. The van der Waals surface area contributed by atoms with Crippen molar-refractivity contribution in [1.29, 1.82) is 0 Å². The molecule has 6 atom stereocenters. The second-order valence-corrected chi connectivity index (χ2v) is 7.89. The van der Waals surface area contributed by atoms with Gasteiger partial charge in [-0.15, -0.1) is 0 Å². The molecule has 0 bridgehead atoms. The van der Waals surface area contributed by atoms with E-state index in [1.165, 1.54) is 0 Å². The Bertz CT molecular complexity index is 347. The minimum Gasteiger partial charge on any atom is -0.393 e. The first kappa shape index (κ1) is 12.0. The Morgan fingerprint density at radius 3 is 2.29 bits per heavy atom. The molecule has 3 rings (SSSR count). The van der Waals surface area contributed by atoms with Crippen LogP contribution in [0.5, 0.6) is 0 Å². The van der Waals surface area contributed by atoms with Crippen LogP contribution in [0.3, 0.4) is 0 Å². The molecule has 98 valence electrons. The highest BCUT2D eigenvalue weighted by atomic mass is 16.3. The van der Waals surface area contributed by atoms with Crippen molar-refractivity contribution < 1.29 is 10.2 Å². The normalized spacial score (nSPS) is 60.4. The smallest absolute Gasteiger partial charge is 0.0657 e. The standard InChI is InChI=1S/C15H26O2/c1-13(2)9-5-6-10(16)14(3)7-8-15(4,17)12(14)11(9)13/h9-12,16-17H,5-8H2,1-4H3/t9-,10-,11-,12+,14-,15+/m1/s1. The Balaban J connectivity index is 2.03. The molecule has 17 heavy (non-hydrogen) atoms. The molecule has 0 aromatic heterocycles. The minimum absolute atomic E-state index is 0.0588. The van der Waals surface area contributed by atoms with Crippen LogP contribution in [0.25, 0.3) is 0 Å². The monoisotopic (exact) mass is 238 g/mol. The van der Waals surface area contributed by atoms with Gasteiger partial charge in [0.1, 0.15) is 0 Å². The Hall–Kier alpha value is -0.0800. The maximum atomic E-state index is 10.7. The Labute approximate surface area is 104 Å². The highest BCUT2D eigenvalue weighted by Crippen LogP contribution is 2.73. The molecule has 0 radical (unpaired) electrons. The van der Waals surface area contributed by atoms with Crippen LogP contribution in [-0.2, 0) is 0 Å². The quantitative estimate of drug-likeness (QED) is 0.681. The summed E-state index contributed by atoms with van der Waals surface area (Å²) in [5.41, 5.74) is -0.256. The van der Waals surface area contributed by atoms with Gasteiger partial charge in [-0.05, 0) is 61.2 Å². The molecule has 0 amide bonds. The third-order valence-corrected chi connectivity index (χ3v) is 6.56. The number of hydrogen-bond donors (Lipinski definition) is 2. The van der Waals surface area contributed by atoms with Gasteiger partial charge in [0.25, 0.3) is 0 Å². The van der Waals surface area contributed by atoms with Gasteiger partial charge in [0.15, 0.2) is 0 Å². The summed E-state index contributed by atoms with van der Waals surface area (Å²) < 4.78 is 0. The largest absolute Gasteiger partial charge is 0.393 e. The van der Waals surface area contributed by atoms with Crippen molar-refractivity contribution in [3.8, 4) is 0 Å². The molecule has 0 aromatic rings. The van der Waals surface area contributed by atoms with Crippen molar-refractivity contribution in [3.05, 3.63) is 0 Å². The molecular weight excluding hydrogens is 212 g/mol. The number of hydrogen-bond acceptors (Lipinski definition) is 2. The molecule has 0 saturated heterocycles. The van der Waals surface area contributed by atoms with Gasteiger partial charge in [0.2, 0.25) is 0 Å². The summed E-state index contributed by atoms with van der Waals surface area (Å²) in [4.78, 5) is 0. The molecule has 3 aliphatic carbocycles. The average Bonchev–Trinajstić information content (AvgIpc) is 2.67. The highest BCUT2D eigenvalue weighted by molar-refractivity contribution is 5.19. The van der Waals surface area contributed by atoms with E-state index in [-0.39, 0.29) is 17.4 Å². The van der Waals surface area contributed by atoms with Gasteiger partial charge in [-0.1, -0.05) is 20.8 Å². The summed E-state index contributed by atoms with van der Waals surface area (Å²) in [5.74, 6) is 1.61. The SMILES string of the molecule is CC1(C)[C@@H]2[C@H]1CC[C@@H](O)[C@@]1(C)CC[C@](C)(O)[C@@H]21. The van der Waals surface area contributed by atoms with E-state index in [0.717, 1.165) is 25.7 Å². The fourth-order valence-electron chi connectivity index (χ4n) is 5.38. The molecule has 0 spiro atoms. The lowest BCUT2D eigenvalue weighted by atomic mass is 9.68. The van der Waals surface area contributed by atoms with E-state index in [9.17, 15) is 10.2 Å². The van der Waals surface area contributed by atoms with Crippen molar-refractivity contribution in [1.82, 2.24) is 0 Å². The molecule has 2 heteroatoms. The van der Waals surface area contributed by atoms with Crippen LogP contribution in [-0.4, -0.2) is 21.9 Å². The Morgan fingerprint density at radius 2 is 1.65 bits per heavy atom. The molecule has 0 aliphatic heterocycles. The number of fused-ring (bicyclic) bond motifs is 3. The lowest BCUT2D eigenvalue weighted by Gasteiger charge is -2.40. The van der Waals surface area contributed by atoms with E-state index in [0.29, 0.717) is 17.3 Å². The lowest BCUT2D eigenvalue weighted by molar-refractivity contribution is -0.0674. The first-order valence-electron chi connectivity index (χ1n) is 7.12. The maximum absolute atomic E-state index is 10.7. The van der Waals surface area contributed by atoms with Crippen LogP contribution in [0.15, 0.2) is 0 Å². The second-order valence-electron chi connectivity index (χ2n) is 7.89. The van der Waals surface area contributed by atoms with Crippen LogP contribution in [0.4, 0.5) is 0 Å². The molecule has 2 nitrogen and oxygen atoms in total. The molecule has 0 aromatic carbocycles. The minimum atomic E-state index is -0.573. The molecule has 3 aliphatic rings. The topological polar surface area (TPSA) is 40.5 Å². The first-order valence-corrected chi connectivity index (χ1v) is 7.12. The van der Waals surface area contributed by atoms with Gasteiger partial charge < -0.3 is 10.2 Å². The average molecular weight is 238 g/mol. The van der Waals surface area contributed by atoms with E-state index in [2.05, 4.69) is 20.8 Å². The van der Waals surface area contributed by atoms with E-state index in [4.69, 9.17) is 0 Å². The predicted octanol–water partition coefficient (Wildman–Crippen LogP) is 2.58. The summed E-state index contributed by atoms with van der Waals surface area (Å²) in [5, 5.41) is 21.2. The Kier molecular flexibility index (Phi) is 2.17. The summed E-state index contributed by atoms with van der Waals surface area (Å²) in [6.07, 6.45) is 3.68. The van der Waals surface area contributed by atoms with Crippen LogP contribution in [0, 0.1) is 28.6 Å². The fraction of sp³-hybridized carbons (Fsp3) is 1.00.